The number of hydrogen-bond acceptors (Lipinski definition) is 1. The Morgan fingerprint density at radius 2 is 2.00 bits per heavy atom. The van der Waals surface area contributed by atoms with Crippen LogP contribution in [0.4, 0.5) is 8.78 Å². The molecule has 0 radical (unpaired) electrons. The minimum Gasteiger partial charge on any atom is -0.506 e. The summed E-state index contributed by atoms with van der Waals surface area (Å²) in [6.45, 7) is 1.69. The molecule has 0 unspecified atom stereocenters. The molecule has 0 spiro atoms. The number of aryl methyl sites for hydroxylation is 1. The lowest BCUT2D eigenvalue weighted by Crippen LogP contribution is -1.87. The van der Waals surface area contributed by atoms with Crippen LogP contribution in [0.2, 0.25) is 0 Å². The van der Waals surface area contributed by atoms with Gasteiger partial charge in [0, 0.05) is 0 Å². The van der Waals surface area contributed by atoms with E-state index in [1.165, 1.54) is 6.07 Å². The summed E-state index contributed by atoms with van der Waals surface area (Å²) in [4.78, 5) is 0. The molecule has 4 heteroatoms. The maximum Gasteiger partial charge on any atom is 0.267 e. The van der Waals surface area contributed by atoms with E-state index in [2.05, 4.69) is 15.9 Å². The van der Waals surface area contributed by atoms with Crippen LogP contribution in [0.15, 0.2) is 16.6 Å². The summed E-state index contributed by atoms with van der Waals surface area (Å²) in [6, 6.07) is 2.85. The van der Waals surface area contributed by atoms with Gasteiger partial charge in [0.25, 0.3) is 6.43 Å². The summed E-state index contributed by atoms with van der Waals surface area (Å²) in [6.07, 6.45) is -2.64. The zero-order valence-corrected chi connectivity index (χ0v) is 7.90. The van der Waals surface area contributed by atoms with Crippen molar-refractivity contribution in [2.75, 3.05) is 0 Å². The molecule has 0 bridgehead atoms. The van der Waals surface area contributed by atoms with Gasteiger partial charge in [-0.3, -0.25) is 0 Å². The van der Waals surface area contributed by atoms with Gasteiger partial charge < -0.3 is 5.11 Å². The van der Waals surface area contributed by atoms with Gasteiger partial charge in [0.05, 0.1) is 10.0 Å². The first-order valence-corrected chi connectivity index (χ1v) is 4.09. The molecule has 66 valence electrons. The highest BCUT2D eigenvalue weighted by Gasteiger charge is 2.15. The summed E-state index contributed by atoms with van der Waals surface area (Å²) < 4.78 is 24.7. The Morgan fingerprint density at radius 1 is 1.42 bits per heavy atom. The number of phenols is 1. The third-order valence-corrected chi connectivity index (χ3v) is 2.08. The Labute approximate surface area is 77.2 Å². The predicted octanol–water partition coefficient (Wildman–Crippen LogP) is 3.40. The second-order valence-corrected chi connectivity index (χ2v) is 3.34. The second kappa shape index (κ2) is 3.39. The molecule has 0 saturated heterocycles. The van der Waals surface area contributed by atoms with Gasteiger partial charge in [-0.25, -0.2) is 8.78 Å². The fourth-order valence-electron chi connectivity index (χ4n) is 0.928. The van der Waals surface area contributed by atoms with Crippen molar-refractivity contribution in [3.05, 3.63) is 27.7 Å². The molecule has 1 aromatic rings. The van der Waals surface area contributed by atoms with Crippen molar-refractivity contribution >= 4 is 15.9 Å². The van der Waals surface area contributed by atoms with Crippen molar-refractivity contribution < 1.29 is 13.9 Å². The average molecular weight is 237 g/mol. The van der Waals surface area contributed by atoms with Crippen LogP contribution < -0.4 is 0 Å². The molecule has 0 aromatic heterocycles. The van der Waals surface area contributed by atoms with Crippen molar-refractivity contribution in [1.29, 1.82) is 0 Å². The van der Waals surface area contributed by atoms with E-state index in [4.69, 9.17) is 5.11 Å². The highest BCUT2D eigenvalue weighted by atomic mass is 79.9. The quantitative estimate of drug-likeness (QED) is 0.793. The van der Waals surface area contributed by atoms with Gasteiger partial charge >= 0.3 is 0 Å². The van der Waals surface area contributed by atoms with E-state index in [0.717, 1.165) is 0 Å². The van der Waals surface area contributed by atoms with Crippen LogP contribution in [-0.4, -0.2) is 5.11 Å². The number of alkyl halides is 2. The molecule has 12 heavy (non-hydrogen) atoms. The van der Waals surface area contributed by atoms with Crippen molar-refractivity contribution in [3.63, 3.8) is 0 Å². The Bertz CT molecular complexity index is 299. The lowest BCUT2D eigenvalue weighted by Gasteiger charge is -2.06. The molecule has 0 aliphatic carbocycles. The van der Waals surface area contributed by atoms with E-state index >= 15 is 0 Å². The van der Waals surface area contributed by atoms with Crippen molar-refractivity contribution in [1.82, 2.24) is 0 Å². The van der Waals surface area contributed by atoms with Crippen molar-refractivity contribution in [2.45, 2.75) is 13.3 Å². The molecule has 0 heterocycles. The van der Waals surface area contributed by atoms with Crippen LogP contribution in [-0.2, 0) is 0 Å². The summed E-state index contributed by atoms with van der Waals surface area (Å²) in [5.41, 5.74) is 0.358. The molecule has 1 rings (SSSR count). The fraction of sp³-hybridized carbons (Fsp3) is 0.250. The van der Waals surface area contributed by atoms with Crippen LogP contribution in [0.5, 0.6) is 5.75 Å². The highest BCUT2D eigenvalue weighted by Crippen LogP contribution is 2.35. The van der Waals surface area contributed by atoms with Crippen molar-refractivity contribution in [3.8, 4) is 5.75 Å². The monoisotopic (exact) mass is 236 g/mol. The summed E-state index contributed by atoms with van der Waals surface area (Å²) in [7, 11) is 0. The lowest BCUT2D eigenvalue weighted by molar-refractivity contribution is 0.147. The van der Waals surface area contributed by atoms with Gasteiger partial charge in [-0.2, -0.15) is 0 Å². The summed E-state index contributed by atoms with van der Waals surface area (Å²) in [5.74, 6) is -0.379. The smallest absolute Gasteiger partial charge is 0.267 e. The average Bonchev–Trinajstić information content (AvgIpc) is 1.96. The maximum atomic E-state index is 12.2. The molecule has 0 aliphatic rings. The summed E-state index contributed by atoms with van der Waals surface area (Å²) >= 11 is 2.98. The topological polar surface area (TPSA) is 20.2 Å². The first-order valence-electron chi connectivity index (χ1n) is 3.29. The minimum atomic E-state index is -2.64. The van der Waals surface area contributed by atoms with Crippen LogP contribution in [0.25, 0.3) is 0 Å². The maximum absolute atomic E-state index is 12.2. The van der Waals surface area contributed by atoms with E-state index in [1.807, 2.05) is 0 Å². The Balaban J connectivity index is 3.28. The molecule has 0 fully saturated rings. The second-order valence-electron chi connectivity index (χ2n) is 2.49. The molecule has 0 aliphatic heterocycles. The molecule has 0 saturated carbocycles. The SMILES string of the molecule is Cc1cc(Br)c(O)c(C(F)F)c1. The Morgan fingerprint density at radius 3 is 2.50 bits per heavy atom. The number of hydrogen-bond donors (Lipinski definition) is 1. The Hall–Kier alpha value is -0.640. The van der Waals surface area contributed by atoms with E-state index in [0.29, 0.717) is 10.0 Å². The zero-order chi connectivity index (χ0) is 9.30. The molecule has 1 nitrogen and oxygen atoms in total. The highest BCUT2D eigenvalue weighted by molar-refractivity contribution is 9.10. The third kappa shape index (κ3) is 1.75. The zero-order valence-electron chi connectivity index (χ0n) is 6.31. The normalized spacial score (nSPS) is 10.8. The van der Waals surface area contributed by atoms with E-state index in [9.17, 15) is 8.78 Å². The number of halogens is 3. The van der Waals surface area contributed by atoms with Gasteiger partial charge in [0.1, 0.15) is 5.75 Å². The molecular formula is C8H7BrF2O. The lowest BCUT2D eigenvalue weighted by atomic mass is 10.1. The predicted molar refractivity (Wildman–Crippen MR) is 45.5 cm³/mol. The van der Waals surface area contributed by atoms with Gasteiger partial charge in [-0.15, -0.1) is 0 Å². The van der Waals surface area contributed by atoms with E-state index in [1.54, 1.807) is 13.0 Å². The molecule has 1 N–H and O–H groups in total. The molecule has 0 amide bonds. The number of aromatic hydroxyl groups is 1. The van der Waals surface area contributed by atoms with Gasteiger partial charge in [0.15, 0.2) is 0 Å². The van der Waals surface area contributed by atoms with Gasteiger partial charge in [-0.1, -0.05) is 0 Å². The first-order chi connectivity index (χ1) is 5.52. The fourth-order valence-corrected chi connectivity index (χ4v) is 1.52. The number of rotatable bonds is 1. The molecule has 1 aromatic carbocycles. The first kappa shape index (κ1) is 9.45. The Kier molecular flexibility index (Phi) is 2.67. The van der Waals surface area contributed by atoms with Crippen LogP contribution in [0, 0.1) is 6.92 Å². The molecular weight excluding hydrogens is 230 g/mol. The standard InChI is InChI=1S/C8H7BrF2O/c1-4-2-5(8(10)11)7(12)6(9)3-4/h2-3,8,12H,1H3. The van der Waals surface area contributed by atoms with Crippen LogP contribution >= 0.6 is 15.9 Å². The van der Waals surface area contributed by atoms with Gasteiger partial charge in [0.2, 0.25) is 0 Å². The largest absolute Gasteiger partial charge is 0.506 e. The van der Waals surface area contributed by atoms with E-state index < -0.39 is 6.43 Å². The van der Waals surface area contributed by atoms with Crippen molar-refractivity contribution in [2.24, 2.45) is 0 Å². The summed E-state index contributed by atoms with van der Waals surface area (Å²) in [5, 5.41) is 9.17. The third-order valence-electron chi connectivity index (χ3n) is 1.47. The number of phenolic OH excluding ortho intramolecular Hbond substituents is 1. The molecule has 0 atom stereocenters. The van der Waals surface area contributed by atoms with Crippen LogP contribution in [0.1, 0.15) is 17.6 Å². The minimum absolute atomic E-state index is 0.304. The number of benzene rings is 1. The van der Waals surface area contributed by atoms with Gasteiger partial charge in [-0.05, 0) is 40.5 Å². The van der Waals surface area contributed by atoms with Crippen LogP contribution in [0.3, 0.4) is 0 Å². The van der Waals surface area contributed by atoms with E-state index in [-0.39, 0.29) is 11.3 Å².